The third-order valence-corrected chi connectivity index (χ3v) is 7.45. The van der Waals surface area contributed by atoms with Crippen LogP contribution in [0.2, 0.25) is 5.02 Å². The van der Waals surface area contributed by atoms with Gasteiger partial charge in [-0.05, 0) is 61.2 Å². The van der Waals surface area contributed by atoms with Gasteiger partial charge in [-0.15, -0.1) is 0 Å². The number of aryl methyl sites for hydroxylation is 2. The molecule has 4 atom stereocenters. The number of carbonyl (C=O) groups excluding carboxylic acids is 1. The van der Waals surface area contributed by atoms with Gasteiger partial charge in [0.05, 0.1) is 19.2 Å². The van der Waals surface area contributed by atoms with Crippen molar-refractivity contribution in [1.82, 2.24) is 15.8 Å². The van der Waals surface area contributed by atoms with E-state index in [4.69, 9.17) is 16.3 Å². The molecule has 2 heterocycles. The summed E-state index contributed by atoms with van der Waals surface area (Å²) in [5.41, 5.74) is 11.4. The molecule has 3 aromatic rings. The largest absolute Gasteiger partial charge is 0.507 e. The van der Waals surface area contributed by atoms with E-state index in [1.165, 1.54) is 0 Å². The predicted molar refractivity (Wildman–Crippen MR) is 136 cm³/mol. The van der Waals surface area contributed by atoms with Crippen LogP contribution in [0.5, 0.6) is 11.5 Å². The van der Waals surface area contributed by atoms with Crippen LogP contribution in [0.1, 0.15) is 39.9 Å². The minimum atomic E-state index is -0.403. The molecule has 5 rings (SSSR count). The van der Waals surface area contributed by atoms with Crippen LogP contribution in [0, 0.1) is 19.8 Å². The van der Waals surface area contributed by atoms with Crippen molar-refractivity contribution in [3.8, 4) is 11.5 Å². The van der Waals surface area contributed by atoms with Crippen molar-refractivity contribution in [3.05, 3.63) is 93.5 Å². The highest BCUT2D eigenvalue weighted by Crippen LogP contribution is 2.49. The lowest BCUT2D eigenvalue weighted by molar-refractivity contribution is -0.130. The Hall–Kier alpha value is -3.06. The Morgan fingerprint density at radius 3 is 2.49 bits per heavy atom. The average molecular weight is 492 g/mol. The Morgan fingerprint density at radius 2 is 1.77 bits per heavy atom. The molecule has 2 saturated heterocycles. The highest BCUT2D eigenvalue weighted by molar-refractivity contribution is 6.30. The van der Waals surface area contributed by atoms with Gasteiger partial charge in [-0.2, -0.15) is 0 Å². The number of benzene rings is 3. The van der Waals surface area contributed by atoms with Gasteiger partial charge in [0.25, 0.3) is 0 Å². The number of fused-ring (bicyclic) bond motifs is 1. The molecular formula is C28H30ClN3O3. The monoisotopic (exact) mass is 491 g/mol. The van der Waals surface area contributed by atoms with Gasteiger partial charge in [-0.25, -0.2) is 10.9 Å². The van der Waals surface area contributed by atoms with Crippen LogP contribution in [-0.4, -0.2) is 35.6 Å². The number of carbonyl (C=O) groups is 1. The lowest BCUT2D eigenvalue weighted by Gasteiger charge is -2.32. The topological polar surface area (TPSA) is 73.8 Å². The number of nitrogens with one attached hydrogen (secondary N) is 2. The van der Waals surface area contributed by atoms with E-state index in [0.29, 0.717) is 11.6 Å². The first-order valence-corrected chi connectivity index (χ1v) is 12.2. The summed E-state index contributed by atoms with van der Waals surface area (Å²) in [5, 5.41) is 11.6. The number of phenols is 1. The summed E-state index contributed by atoms with van der Waals surface area (Å²) in [4.78, 5) is 15.6. The van der Waals surface area contributed by atoms with E-state index < -0.39 is 6.04 Å². The smallest absolute Gasteiger partial charge is 0.242 e. The first-order chi connectivity index (χ1) is 16.9. The average Bonchev–Trinajstić information content (AvgIpc) is 3.39. The van der Waals surface area contributed by atoms with E-state index in [2.05, 4.69) is 10.9 Å². The fourth-order valence-electron chi connectivity index (χ4n) is 5.58. The first kappa shape index (κ1) is 23.7. The summed E-state index contributed by atoms with van der Waals surface area (Å²) in [6, 6.07) is 18.8. The summed E-state index contributed by atoms with van der Waals surface area (Å²) in [6.45, 7) is 4.49. The SMILES string of the molecule is COc1ccc(CCN2C(=O)C3NNC(c4cc(C)cc(C)c4O)C3C2c2cccc(Cl)c2)cc1. The van der Waals surface area contributed by atoms with E-state index in [1.54, 1.807) is 7.11 Å². The third kappa shape index (κ3) is 4.38. The number of phenolic OH excluding ortho intramolecular Hbond substituents is 1. The Balaban J connectivity index is 1.51. The quantitative estimate of drug-likeness (QED) is 0.469. The van der Waals surface area contributed by atoms with Crippen LogP contribution in [0.25, 0.3) is 0 Å². The lowest BCUT2D eigenvalue weighted by atomic mass is 9.82. The third-order valence-electron chi connectivity index (χ3n) is 7.21. The molecule has 35 heavy (non-hydrogen) atoms. The summed E-state index contributed by atoms with van der Waals surface area (Å²) in [5.74, 6) is 1.00. The number of ether oxygens (including phenoxy) is 1. The van der Waals surface area contributed by atoms with Gasteiger partial charge in [0.1, 0.15) is 17.5 Å². The molecule has 4 unspecified atom stereocenters. The summed E-state index contributed by atoms with van der Waals surface area (Å²) in [6.07, 6.45) is 0.721. The fraction of sp³-hybridized carbons (Fsp3) is 0.321. The van der Waals surface area contributed by atoms with Crippen LogP contribution in [0.3, 0.4) is 0 Å². The molecule has 2 aliphatic heterocycles. The first-order valence-electron chi connectivity index (χ1n) is 11.9. The molecule has 3 N–H and O–H groups in total. The molecule has 0 saturated carbocycles. The fourth-order valence-corrected chi connectivity index (χ4v) is 5.78. The second-order valence-electron chi connectivity index (χ2n) is 9.47. The van der Waals surface area contributed by atoms with Gasteiger partial charge in [0, 0.05) is 23.0 Å². The zero-order chi connectivity index (χ0) is 24.7. The Labute approximate surface area is 210 Å². The number of methoxy groups -OCH3 is 1. The zero-order valence-corrected chi connectivity index (χ0v) is 20.8. The van der Waals surface area contributed by atoms with Crippen LogP contribution < -0.4 is 15.6 Å². The van der Waals surface area contributed by atoms with Crippen molar-refractivity contribution in [2.24, 2.45) is 5.92 Å². The van der Waals surface area contributed by atoms with Gasteiger partial charge in [0.2, 0.25) is 5.91 Å². The van der Waals surface area contributed by atoms with Gasteiger partial charge in [-0.1, -0.05) is 53.6 Å². The molecule has 2 aliphatic rings. The molecule has 0 bridgehead atoms. The molecule has 0 radical (unpaired) electrons. The van der Waals surface area contributed by atoms with Crippen molar-refractivity contribution >= 4 is 17.5 Å². The number of aromatic hydroxyl groups is 1. The van der Waals surface area contributed by atoms with Crippen molar-refractivity contribution in [1.29, 1.82) is 0 Å². The second-order valence-corrected chi connectivity index (χ2v) is 9.91. The highest BCUT2D eigenvalue weighted by atomic mass is 35.5. The molecular weight excluding hydrogens is 462 g/mol. The van der Waals surface area contributed by atoms with Crippen LogP contribution in [0.15, 0.2) is 60.7 Å². The molecule has 0 aromatic heterocycles. The summed E-state index contributed by atoms with van der Waals surface area (Å²) in [7, 11) is 1.65. The number of halogens is 1. The number of nitrogens with zero attached hydrogens (tertiary/aromatic N) is 1. The van der Waals surface area contributed by atoms with Crippen molar-refractivity contribution < 1.29 is 14.6 Å². The standard InChI is InChI=1S/C28H30ClN3O3/c1-16-13-17(2)27(33)22(14-16)24-23-25(31-30-24)28(34)32(26(23)19-5-4-6-20(29)15-19)12-11-18-7-9-21(35-3)10-8-18/h4-10,13-15,23-26,30-31,33H,11-12H2,1-3H3. The second kappa shape index (κ2) is 9.53. The zero-order valence-electron chi connectivity index (χ0n) is 20.1. The molecule has 2 fully saturated rings. The Bertz CT molecular complexity index is 1250. The van der Waals surface area contributed by atoms with Gasteiger partial charge >= 0.3 is 0 Å². The maximum atomic E-state index is 13.7. The maximum Gasteiger partial charge on any atom is 0.242 e. The lowest BCUT2D eigenvalue weighted by Crippen LogP contribution is -2.42. The molecule has 1 amide bonds. The molecule has 182 valence electrons. The normalized spacial score (nSPS) is 23.5. The number of likely N-dealkylation sites (tertiary alicyclic amines) is 1. The van der Waals surface area contributed by atoms with Crippen LogP contribution in [-0.2, 0) is 11.2 Å². The Kier molecular flexibility index (Phi) is 6.45. The van der Waals surface area contributed by atoms with Gasteiger partial charge in [0.15, 0.2) is 0 Å². The van der Waals surface area contributed by atoms with E-state index in [1.807, 2.05) is 79.4 Å². The highest BCUT2D eigenvalue weighted by Gasteiger charge is 2.55. The van der Waals surface area contributed by atoms with Gasteiger partial charge < -0.3 is 14.7 Å². The van der Waals surface area contributed by atoms with E-state index in [-0.39, 0.29) is 29.7 Å². The maximum absolute atomic E-state index is 13.7. The number of hydrazine groups is 1. The predicted octanol–water partition coefficient (Wildman–Crippen LogP) is 4.63. The number of rotatable bonds is 6. The van der Waals surface area contributed by atoms with Gasteiger partial charge in [-0.3, -0.25) is 4.79 Å². The summed E-state index contributed by atoms with van der Waals surface area (Å²) < 4.78 is 5.27. The number of amides is 1. The minimum absolute atomic E-state index is 0.0485. The van der Waals surface area contributed by atoms with Crippen molar-refractivity contribution in [3.63, 3.8) is 0 Å². The van der Waals surface area contributed by atoms with Crippen LogP contribution in [0.4, 0.5) is 0 Å². The molecule has 3 aromatic carbocycles. The number of hydrogen-bond donors (Lipinski definition) is 3. The molecule has 0 aliphatic carbocycles. The summed E-state index contributed by atoms with van der Waals surface area (Å²) >= 11 is 6.39. The van der Waals surface area contributed by atoms with Crippen molar-refractivity contribution in [2.75, 3.05) is 13.7 Å². The van der Waals surface area contributed by atoms with E-state index >= 15 is 0 Å². The van der Waals surface area contributed by atoms with Crippen molar-refractivity contribution in [2.45, 2.75) is 38.4 Å². The minimum Gasteiger partial charge on any atom is -0.507 e. The molecule has 0 spiro atoms. The number of hydrogen-bond acceptors (Lipinski definition) is 5. The Morgan fingerprint density at radius 1 is 1.03 bits per heavy atom. The molecule has 7 heteroatoms. The molecule has 6 nitrogen and oxygen atoms in total. The van der Waals surface area contributed by atoms with E-state index in [0.717, 1.165) is 40.0 Å². The van der Waals surface area contributed by atoms with Crippen LogP contribution >= 0.6 is 11.6 Å². The van der Waals surface area contributed by atoms with E-state index in [9.17, 15) is 9.90 Å².